The molecule has 7 heteroatoms. The van der Waals surface area contributed by atoms with E-state index in [4.69, 9.17) is 33.7 Å². The van der Waals surface area contributed by atoms with Crippen molar-refractivity contribution in [1.82, 2.24) is 0 Å². The Bertz CT molecular complexity index is 696. The Labute approximate surface area is 154 Å². The molecule has 0 saturated heterocycles. The number of aliphatic imine (C=N–C) groups is 1. The molecule has 0 aliphatic carbocycles. The van der Waals surface area contributed by atoms with E-state index in [1.54, 1.807) is 31.0 Å². The number of methoxy groups -OCH3 is 1. The van der Waals surface area contributed by atoms with E-state index in [1.165, 1.54) is 11.8 Å². The number of ether oxygens (including phenoxy) is 1. The van der Waals surface area contributed by atoms with E-state index < -0.39 is 0 Å². The van der Waals surface area contributed by atoms with Crippen molar-refractivity contribution in [2.24, 2.45) is 10.7 Å². The van der Waals surface area contributed by atoms with Crippen LogP contribution in [0.5, 0.6) is 5.75 Å². The van der Waals surface area contributed by atoms with Crippen LogP contribution in [0.2, 0.25) is 10.0 Å². The Balaban J connectivity index is 1.86. The summed E-state index contributed by atoms with van der Waals surface area (Å²) >= 11 is 15.2. The van der Waals surface area contributed by atoms with Crippen molar-refractivity contribution in [3.8, 4) is 5.75 Å². The van der Waals surface area contributed by atoms with Gasteiger partial charge in [0.2, 0.25) is 0 Å². The van der Waals surface area contributed by atoms with Crippen LogP contribution in [0.3, 0.4) is 0 Å². The van der Waals surface area contributed by atoms with E-state index in [0.29, 0.717) is 21.0 Å². The maximum atomic E-state index is 6.13. The lowest BCUT2D eigenvalue weighted by molar-refractivity contribution is 0.416. The van der Waals surface area contributed by atoms with Crippen LogP contribution in [-0.2, 0) is 0 Å². The van der Waals surface area contributed by atoms with Gasteiger partial charge in [0.05, 0.1) is 12.1 Å². The summed E-state index contributed by atoms with van der Waals surface area (Å²) in [6.45, 7) is 0. The fourth-order valence-corrected chi connectivity index (χ4v) is 3.95. The molecule has 2 N–H and O–H groups in total. The summed E-state index contributed by atoms with van der Waals surface area (Å²) in [6.07, 6.45) is 0. The van der Waals surface area contributed by atoms with Gasteiger partial charge in [-0.15, -0.1) is 11.8 Å². The molecule has 0 amide bonds. The molecule has 0 aliphatic heterocycles. The largest absolute Gasteiger partial charge is 0.494 e. The van der Waals surface area contributed by atoms with E-state index in [2.05, 4.69) is 4.99 Å². The van der Waals surface area contributed by atoms with Gasteiger partial charge in [-0.25, -0.2) is 4.99 Å². The van der Waals surface area contributed by atoms with Gasteiger partial charge in [-0.2, -0.15) is 0 Å². The number of benzene rings is 2. The molecule has 0 fully saturated rings. The van der Waals surface area contributed by atoms with Crippen molar-refractivity contribution in [3.05, 3.63) is 52.5 Å². The Hall–Kier alpha value is -1.01. The second-order valence-corrected chi connectivity index (χ2v) is 7.49. The second kappa shape index (κ2) is 9.33. The topological polar surface area (TPSA) is 47.6 Å². The molecule has 0 unspecified atom stereocenters. The molecule has 0 spiro atoms. The first-order chi connectivity index (χ1) is 11.1. The number of amidine groups is 1. The standard InChI is InChI=1S/C16H16Cl2N2OS2/c1-21-14-5-3-2-4-13(14)20-16(19)23-9-8-22-15-10-11(17)6-7-12(15)18/h2-7,10H,8-9H2,1H3,(H2,19,20). The third-order valence-electron chi connectivity index (χ3n) is 2.80. The molecule has 2 rings (SSSR count). The maximum absolute atomic E-state index is 6.13. The molecule has 0 radical (unpaired) electrons. The first-order valence-corrected chi connectivity index (χ1v) is 9.50. The average molecular weight is 387 g/mol. The number of halogens is 2. The van der Waals surface area contributed by atoms with Gasteiger partial charge >= 0.3 is 0 Å². The van der Waals surface area contributed by atoms with Gasteiger partial charge in [0.15, 0.2) is 5.17 Å². The number of rotatable bonds is 6. The first kappa shape index (κ1) is 18.3. The van der Waals surface area contributed by atoms with Gasteiger partial charge in [0.25, 0.3) is 0 Å². The van der Waals surface area contributed by atoms with E-state index in [9.17, 15) is 0 Å². The fraction of sp³-hybridized carbons (Fsp3) is 0.188. The summed E-state index contributed by atoms with van der Waals surface area (Å²) in [4.78, 5) is 5.35. The third-order valence-corrected chi connectivity index (χ3v) is 5.59. The van der Waals surface area contributed by atoms with Crippen LogP contribution in [-0.4, -0.2) is 23.8 Å². The van der Waals surface area contributed by atoms with Crippen LogP contribution in [0.4, 0.5) is 5.69 Å². The molecule has 0 atom stereocenters. The molecule has 0 aromatic heterocycles. The molecule has 3 nitrogen and oxygen atoms in total. The Morgan fingerprint density at radius 3 is 2.74 bits per heavy atom. The summed E-state index contributed by atoms with van der Waals surface area (Å²) in [5, 5.41) is 1.90. The highest BCUT2D eigenvalue weighted by atomic mass is 35.5. The molecule has 2 aromatic carbocycles. The monoisotopic (exact) mass is 386 g/mol. The van der Waals surface area contributed by atoms with Crippen molar-refractivity contribution in [3.63, 3.8) is 0 Å². The van der Waals surface area contributed by atoms with Crippen molar-refractivity contribution < 1.29 is 4.74 Å². The highest BCUT2D eigenvalue weighted by Gasteiger charge is 2.04. The Morgan fingerprint density at radius 1 is 1.17 bits per heavy atom. The zero-order valence-corrected chi connectivity index (χ0v) is 15.6. The number of hydrogen-bond donors (Lipinski definition) is 1. The average Bonchev–Trinajstić information content (AvgIpc) is 2.55. The normalized spacial score (nSPS) is 11.5. The van der Waals surface area contributed by atoms with E-state index in [0.717, 1.165) is 22.1 Å². The smallest absolute Gasteiger partial charge is 0.159 e. The summed E-state index contributed by atoms with van der Waals surface area (Å²) in [7, 11) is 1.61. The summed E-state index contributed by atoms with van der Waals surface area (Å²) in [6, 6.07) is 13.0. The van der Waals surface area contributed by atoms with Crippen LogP contribution in [0.1, 0.15) is 0 Å². The second-order valence-electron chi connectivity index (χ2n) is 4.39. The van der Waals surface area contributed by atoms with Crippen LogP contribution in [0.25, 0.3) is 0 Å². The van der Waals surface area contributed by atoms with E-state index in [1.807, 2.05) is 30.3 Å². The number of para-hydroxylation sites is 2. The van der Waals surface area contributed by atoms with Crippen LogP contribution < -0.4 is 10.5 Å². The van der Waals surface area contributed by atoms with Crippen LogP contribution >= 0.6 is 46.7 Å². The van der Waals surface area contributed by atoms with Crippen LogP contribution in [0, 0.1) is 0 Å². The SMILES string of the molecule is COc1ccccc1N=C(N)SCCSc1cc(Cl)ccc1Cl. The highest BCUT2D eigenvalue weighted by Crippen LogP contribution is 2.31. The molecule has 23 heavy (non-hydrogen) atoms. The predicted molar refractivity (Wildman–Crippen MR) is 104 cm³/mol. The third kappa shape index (κ3) is 5.84. The van der Waals surface area contributed by atoms with Gasteiger partial charge in [0, 0.05) is 21.4 Å². The van der Waals surface area contributed by atoms with Crippen LogP contribution in [0.15, 0.2) is 52.4 Å². The quantitative estimate of drug-likeness (QED) is 0.309. The molecule has 122 valence electrons. The molecule has 0 saturated carbocycles. The lowest BCUT2D eigenvalue weighted by atomic mass is 10.3. The lowest BCUT2D eigenvalue weighted by Gasteiger charge is -2.06. The summed E-state index contributed by atoms with van der Waals surface area (Å²) in [5.41, 5.74) is 6.69. The van der Waals surface area contributed by atoms with E-state index >= 15 is 0 Å². The zero-order chi connectivity index (χ0) is 16.7. The minimum atomic E-state index is 0.507. The molecule has 0 bridgehead atoms. The van der Waals surface area contributed by atoms with Gasteiger partial charge in [-0.05, 0) is 30.3 Å². The molecular formula is C16H16Cl2N2OS2. The van der Waals surface area contributed by atoms with E-state index in [-0.39, 0.29) is 0 Å². The van der Waals surface area contributed by atoms with Crippen molar-refractivity contribution in [2.75, 3.05) is 18.6 Å². The van der Waals surface area contributed by atoms with Gasteiger partial charge in [-0.3, -0.25) is 0 Å². The van der Waals surface area contributed by atoms with Gasteiger partial charge in [0.1, 0.15) is 11.4 Å². The Kier molecular flexibility index (Phi) is 7.43. The van der Waals surface area contributed by atoms with Crippen molar-refractivity contribution in [2.45, 2.75) is 4.90 Å². The van der Waals surface area contributed by atoms with Crippen molar-refractivity contribution in [1.29, 1.82) is 0 Å². The van der Waals surface area contributed by atoms with Gasteiger partial charge < -0.3 is 10.5 Å². The molecule has 0 heterocycles. The van der Waals surface area contributed by atoms with Crippen molar-refractivity contribution >= 4 is 57.6 Å². The minimum absolute atomic E-state index is 0.507. The number of nitrogens with zero attached hydrogens (tertiary/aromatic N) is 1. The highest BCUT2D eigenvalue weighted by molar-refractivity contribution is 8.14. The zero-order valence-electron chi connectivity index (χ0n) is 12.5. The lowest BCUT2D eigenvalue weighted by Crippen LogP contribution is -2.07. The predicted octanol–water partition coefficient (Wildman–Crippen LogP) is 5.47. The number of nitrogens with two attached hydrogens (primary N) is 1. The maximum Gasteiger partial charge on any atom is 0.159 e. The van der Waals surface area contributed by atoms with Gasteiger partial charge in [-0.1, -0.05) is 47.1 Å². The molecular weight excluding hydrogens is 371 g/mol. The Morgan fingerprint density at radius 2 is 1.96 bits per heavy atom. The first-order valence-electron chi connectivity index (χ1n) is 6.78. The fourth-order valence-electron chi connectivity index (χ4n) is 1.76. The summed E-state index contributed by atoms with van der Waals surface area (Å²) in [5.74, 6) is 2.38. The summed E-state index contributed by atoms with van der Waals surface area (Å²) < 4.78 is 5.25. The minimum Gasteiger partial charge on any atom is -0.494 e. The number of hydrogen-bond acceptors (Lipinski definition) is 4. The molecule has 2 aromatic rings. The number of thioether (sulfide) groups is 2. The molecule has 0 aliphatic rings.